The van der Waals surface area contributed by atoms with Crippen molar-refractivity contribution in [3.63, 3.8) is 0 Å². The molecule has 1 amide bonds. The van der Waals surface area contributed by atoms with Crippen LogP contribution in [-0.2, 0) is 0 Å². The minimum Gasteiger partial charge on any atom is -0.382 e. The summed E-state index contributed by atoms with van der Waals surface area (Å²) in [5, 5.41) is 14.1. The van der Waals surface area contributed by atoms with Crippen LogP contribution in [-0.4, -0.2) is 16.9 Å². The number of hydrazine groups is 1. The topological polar surface area (TPSA) is 110 Å². The number of hydrogen-bond donors (Lipinski definition) is 3. The fourth-order valence-corrected chi connectivity index (χ4v) is 2.50. The van der Waals surface area contributed by atoms with E-state index in [1.165, 1.54) is 18.6 Å². The lowest BCUT2D eigenvalue weighted by Gasteiger charge is -2.24. The zero-order valence-corrected chi connectivity index (χ0v) is 13.1. The van der Waals surface area contributed by atoms with Crippen LogP contribution in [0.3, 0.4) is 0 Å². The molecule has 122 valence electrons. The molecule has 0 spiro atoms. The lowest BCUT2D eigenvalue weighted by Crippen LogP contribution is -2.31. The number of nitro benzene ring substituents is 1. The summed E-state index contributed by atoms with van der Waals surface area (Å²) in [5.74, 6) is 4.60. The molecule has 1 aliphatic carbocycles. The lowest BCUT2D eigenvalue weighted by atomic mass is 9.95. The van der Waals surface area contributed by atoms with Crippen LogP contribution >= 0.6 is 0 Å². The highest BCUT2D eigenvalue weighted by Gasteiger charge is 2.19. The summed E-state index contributed by atoms with van der Waals surface area (Å²) in [5.41, 5.74) is 2.69. The molecule has 1 fully saturated rings. The van der Waals surface area contributed by atoms with Gasteiger partial charge in [-0.15, -0.1) is 0 Å². The van der Waals surface area contributed by atoms with Crippen molar-refractivity contribution in [1.29, 1.82) is 0 Å². The summed E-state index contributed by atoms with van der Waals surface area (Å²) in [7, 11) is 0. The first-order valence-corrected chi connectivity index (χ1v) is 7.67. The van der Waals surface area contributed by atoms with Gasteiger partial charge in [0.1, 0.15) is 0 Å². The highest BCUT2D eigenvalue weighted by atomic mass is 16.6. The Labute approximate surface area is 130 Å². The van der Waals surface area contributed by atoms with Gasteiger partial charge in [-0.1, -0.05) is 33.1 Å². The molecular weight excluding hydrogens is 284 g/mol. The van der Waals surface area contributed by atoms with Crippen LogP contribution in [0.5, 0.6) is 0 Å². The number of non-ortho nitro benzene ring substituents is 1. The van der Waals surface area contributed by atoms with Crippen LogP contribution in [0.15, 0.2) is 18.2 Å². The molecule has 2 rings (SSSR count). The average molecular weight is 308 g/mol. The van der Waals surface area contributed by atoms with Crippen molar-refractivity contribution >= 4 is 17.3 Å². The largest absolute Gasteiger partial charge is 0.382 e. The molecule has 0 atom stereocenters. The Morgan fingerprint density at radius 1 is 1.27 bits per heavy atom. The van der Waals surface area contributed by atoms with Crippen molar-refractivity contribution in [3.8, 4) is 0 Å². The van der Waals surface area contributed by atoms with E-state index < -0.39 is 10.8 Å². The Kier molecular flexibility index (Phi) is 7.31. The van der Waals surface area contributed by atoms with Gasteiger partial charge in [0.05, 0.1) is 10.5 Å². The third kappa shape index (κ3) is 4.70. The number of nitrogens with two attached hydrogens (primary N) is 1. The number of nitrogen functional groups attached to an aromatic ring is 1. The number of nitro groups is 1. The SMILES string of the molecule is CC.NNC(=O)c1cc([N+](=O)[O-])ccc1NC1CCCCC1. The predicted octanol–water partition coefficient (Wildman–Crippen LogP) is 2.97. The molecule has 7 heteroatoms. The van der Waals surface area contributed by atoms with Crippen molar-refractivity contribution in [3.05, 3.63) is 33.9 Å². The van der Waals surface area contributed by atoms with E-state index in [0.29, 0.717) is 11.7 Å². The summed E-state index contributed by atoms with van der Waals surface area (Å²) in [6.07, 6.45) is 5.63. The lowest BCUT2D eigenvalue weighted by molar-refractivity contribution is -0.384. The molecule has 4 N–H and O–H groups in total. The summed E-state index contributed by atoms with van der Waals surface area (Å²) in [6.45, 7) is 4.00. The number of carbonyl (C=O) groups excluding carboxylic acids is 1. The Morgan fingerprint density at radius 2 is 1.91 bits per heavy atom. The Bertz CT molecular complexity index is 514. The quantitative estimate of drug-likeness (QED) is 0.343. The third-order valence-corrected chi connectivity index (χ3v) is 3.55. The van der Waals surface area contributed by atoms with Gasteiger partial charge in [0.2, 0.25) is 0 Å². The molecule has 0 aliphatic heterocycles. The van der Waals surface area contributed by atoms with E-state index in [1.54, 1.807) is 6.07 Å². The molecule has 22 heavy (non-hydrogen) atoms. The highest BCUT2D eigenvalue weighted by molar-refractivity contribution is 6.00. The van der Waals surface area contributed by atoms with Crippen LogP contribution in [0.2, 0.25) is 0 Å². The molecule has 1 aliphatic rings. The van der Waals surface area contributed by atoms with E-state index in [-0.39, 0.29) is 11.3 Å². The molecule has 7 nitrogen and oxygen atoms in total. The summed E-state index contributed by atoms with van der Waals surface area (Å²) in [4.78, 5) is 22.0. The number of rotatable bonds is 4. The van der Waals surface area contributed by atoms with Gasteiger partial charge in [0, 0.05) is 23.9 Å². The molecule has 1 aromatic rings. The zero-order valence-electron chi connectivity index (χ0n) is 13.1. The van der Waals surface area contributed by atoms with E-state index in [9.17, 15) is 14.9 Å². The highest BCUT2D eigenvalue weighted by Crippen LogP contribution is 2.26. The molecule has 0 heterocycles. The second kappa shape index (κ2) is 8.99. The van der Waals surface area contributed by atoms with E-state index in [4.69, 9.17) is 5.84 Å². The monoisotopic (exact) mass is 308 g/mol. The molecule has 1 aromatic carbocycles. The van der Waals surface area contributed by atoms with Gasteiger partial charge in [-0.2, -0.15) is 0 Å². The first kappa shape index (κ1) is 17.9. The van der Waals surface area contributed by atoms with Gasteiger partial charge in [-0.25, -0.2) is 5.84 Å². The molecule has 0 bridgehead atoms. The maximum absolute atomic E-state index is 11.8. The second-order valence-electron chi connectivity index (χ2n) is 4.94. The predicted molar refractivity (Wildman–Crippen MR) is 86.6 cm³/mol. The fraction of sp³-hybridized carbons (Fsp3) is 0.533. The van der Waals surface area contributed by atoms with Gasteiger partial charge in [0.25, 0.3) is 11.6 Å². The summed E-state index contributed by atoms with van der Waals surface area (Å²) in [6, 6.07) is 4.50. The van der Waals surface area contributed by atoms with Gasteiger partial charge < -0.3 is 5.32 Å². The average Bonchev–Trinajstić information content (AvgIpc) is 2.57. The number of amides is 1. The van der Waals surface area contributed by atoms with E-state index in [1.807, 2.05) is 19.3 Å². The maximum atomic E-state index is 11.8. The fourth-order valence-electron chi connectivity index (χ4n) is 2.50. The van der Waals surface area contributed by atoms with Gasteiger partial charge in [-0.05, 0) is 18.9 Å². The molecule has 0 aromatic heterocycles. The smallest absolute Gasteiger partial charge is 0.270 e. The van der Waals surface area contributed by atoms with Crippen LogP contribution in [0.1, 0.15) is 56.3 Å². The van der Waals surface area contributed by atoms with E-state index in [2.05, 4.69) is 5.32 Å². The third-order valence-electron chi connectivity index (χ3n) is 3.55. The van der Waals surface area contributed by atoms with E-state index in [0.717, 1.165) is 25.7 Å². The van der Waals surface area contributed by atoms with Crippen LogP contribution in [0.25, 0.3) is 0 Å². The summed E-state index contributed by atoms with van der Waals surface area (Å²) >= 11 is 0. The van der Waals surface area contributed by atoms with Gasteiger partial charge in [-0.3, -0.25) is 20.3 Å². The molecule has 0 saturated heterocycles. The second-order valence-corrected chi connectivity index (χ2v) is 4.94. The van der Waals surface area contributed by atoms with Crippen molar-refractivity contribution in [2.45, 2.75) is 52.0 Å². The van der Waals surface area contributed by atoms with Crippen LogP contribution in [0.4, 0.5) is 11.4 Å². The first-order valence-electron chi connectivity index (χ1n) is 7.67. The molecule has 0 unspecified atom stereocenters. The standard InChI is InChI=1S/C13H18N4O3.C2H6/c14-16-13(18)11-8-10(17(19)20)6-7-12(11)15-9-4-2-1-3-5-9;1-2/h6-9,15H,1-5,14H2,(H,16,18);1-2H3. The molecule has 1 saturated carbocycles. The van der Waals surface area contributed by atoms with Crippen molar-refractivity contribution in [2.24, 2.45) is 5.84 Å². The van der Waals surface area contributed by atoms with Gasteiger partial charge in [0.15, 0.2) is 0 Å². The Morgan fingerprint density at radius 3 is 2.45 bits per heavy atom. The number of anilines is 1. The maximum Gasteiger partial charge on any atom is 0.270 e. The van der Waals surface area contributed by atoms with Crippen LogP contribution < -0.4 is 16.6 Å². The zero-order chi connectivity index (χ0) is 16.5. The van der Waals surface area contributed by atoms with Gasteiger partial charge >= 0.3 is 0 Å². The van der Waals surface area contributed by atoms with E-state index >= 15 is 0 Å². The normalized spacial score (nSPS) is 14.5. The number of benzene rings is 1. The summed E-state index contributed by atoms with van der Waals surface area (Å²) < 4.78 is 0. The van der Waals surface area contributed by atoms with Crippen molar-refractivity contribution < 1.29 is 9.72 Å². The molecular formula is C15H24N4O3. The Hall–Kier alpha value is -2.15. The first-order chi connectivity index (χ1) is 10.6. The van der Waals surface area contributed by atoms with Crippen LogP contribution in [0, 0.1) is 10.1 Å². The number of carbonyl (C=O) groups is 1. The molecule has 0 radical (unpaired) electrons. The Balaban J connectivity index is 0.00000116. The number of nitrogens with one attached hydrogen (secondary N) is 2. The van der Waals surface area contributed by atoms with Crippen molar-refractivity contribution in [2.75, 3.05) is 5.32 Å². The van der Waals surface area contributed by atoms with Crippen molar-refractivity contribution in [1.82, 2.24) is 5.43 Å². The number of hydrogen-bond acceptors (Lipinski definition) is 5. The number of nitrogens with zero attached hydrogens (tertiary/aromatic N) is 1. The minimum absolute atomic E-state index is 0.127. The minimum atomic E-state index is -0.535.